The topological polar surface area (TPSA) is 37.3 Å². The van der Waals surface area contributed by atoms with Crippen LogP contribution in [0.3, 0.4) is 0 Å². The van der Waals surface area contributed by atoms with Gasteiger partial charge in [0.05, 0.1) is 6.42 Å². The SMILES string of the molecule is O=C(O)CC1c2cc(F)ccc2-c2ccc(Cl)cc21. The molecule has 0 aromatic heterocycles. The number of carboxylic acids is 1. The Hall–Kier alpha value is -1.87. The van der Waals surface area contributed by atoms with Crippen LogP contribution in [0.15, 0.2) is 36.4 Å². The maximum absolute atomic E-state index is 13.4. The molecule has 0 fully saturated rings. The molecule has 2 nitrogen and oxygen atoms in total. The molecule has 19 heavy (non-hydrogen) atoms. The lowest BCUT2D eigenvalue weighted by molar-refractivity contribution is -0.137. The molecule has 0 saturated heterocycles. The summed E-state index contributed by atoms with van der Waals surface area (Å²) in [5.41, 5.74) is 3.40. The standard InChI is InChI=1S/C15H10ClFO2/c16-8-1-3-10-11-4-2-9(17)6-13(11)14(7-15(18)19)12(10)5-8/h1-6,14H,7H2,(H,18,19). The highest BCUT2D eigenvalue weighted by atomic mass is 35.5. The van der Waals surface area contributed by atoms with E-state index < -0.39 is 5.97 Å². The monoisotopic (exact) mass is 276 g/mol. The third kappa shape index (κ3) is 2.00. The molecule has 0 radical (unpaired) electrons. The normalized spacial score (nSPS) is 16.0. The Morgan fingerprint density at radius 2 is 1.79 bits per heavy atom. The highest BCUT2D eigenvalue weighted by molar-refractivity contribution is 6.30. The van der Waals surface area contributed by atoms with Gasteiger partial charge in [-0.25, -0.2) is 4.39 Å². The van der Waals surface area contributed by atoms with Gasteiger partial charge in [-0.15, -0.1) is 0 Å². The Labute approximate surface area is 114 Å². The van der Waals surface area contributed by atoms with E-state index in [1.165, 1.54) is 12.1 Å². The second-order valence-electron chi connectivity index (χ2n) is 4.61. The first kappa shape index (κ1) is 12.2. The number of halogens is 2. The first-order valence-electron chi connectivity index (χ1n) is 5.87. The summed E-state index contributed by atoms with van der Waals surface area (Å²) in [6.45, 7) is 0. The van der Waals surface area contributed by atoms with Crippen LogP contribution < -0.4 is 0 Å². The van der Waals surface area contributed by atoms with Crippen LogP contribution in [0.5, 0.6) is 0 Å². The summed E-state index contributed by atoms with van der Waals surface area (Å²) in [6.07, 6.45) is -0.0657. The van der Waals surface area contributed by atoms with Crippen LogP contribution >= 0.6 is 11.6 Å². The van der Waals surface area contributed by atoms with Crippen molar-refractivity contribution in [1.82, 2.24) is 0 Å². The number of benzene rings is 2. The average Bonchev–Trinajstić information content (AvgIpc) is 2.62. The fraction of sp³-hybridized carbons (Fsp3) is 0.133. The highest BCUT2D eigenvalue weighted by Crippen LogP contribution is 2.47. The zero-order chi connectivity index (χ0) is 13.6. The van der Waals surface area contributed by atoms with Gasteiger partial charge in [0, 0.05) is 10.9 Å². The summed E-state index contributed by atoms with van der Waals surface area (Å²) in [7, 11) is 0. The quantitative estimate of drug-likeness (QED) is 0.898. The van der Waals surface area contributed by atoms with E-state index in [2.05, 4.69) is 0 Å². The van der Waals surface area contributed by atoms with E-state index >= 15 is 0 Å². The summed E-state index contributed by atoms with van der Waals surface area (Å²) in [5.74, 6) is -1.60. The molecule has 2 aromatic rings. The smallest absolute Gasteiger partial charge is 0.304 e. The number of aliphatic carboxylic acids is 1. The van der Waals surface area contributed by atoms with Crippen molar-refractivity contribution in [2.24, 2.45) is 0 Å². The maximum Gasteiger partial charge on any atom is 0.304 e. The Kier molecular flexibility index (Phi) is 2.79. The summed E-state index contributed by atoms with van der Waals surface area (Å²) in [5, 5.41) is 9.59. The molecule has 96 valence electrons. The van der Waals surface area contributed by atoms with Gasteiger partial charge in [-0.05, 0) is 46.5 Å². The average molecular weight is 277 g/mol. The molecule has 0 saturated carbocycles. The number of carbonyl (C=O) groups is 1. The molecule has 3 rings (SSSR count). The van der Waals surface area contributed by atoms with Crippen molar-refractivity contribution >= 4 is 17.6 Å². The first-order chi connectivity index (χ1) is 9.06. The van der Waals surface area contributed by atoms with E-state index in [1.807, 2.05) is 6.07 Å². The number of fused-ring (bicyclic) bond motifs is 3. The van der Waals surface area contributed by atoms with Gasteiger partial charge in [0.2, 0.25) is 0 Å². The van der Waals surface area contributed by atoms with Gasteiger partial charge in [-0.2, -0.15) is 0 Å². The Balaban J connectivity index is 2.22. The molecular formula is C15H10ClFO2. The molecule has 0 spiro atoms. The second kappa shape index (κ2) is 4.35. The second-order valence-corrected chi connectivity index (χ2v) is 5.05. The van der Waals surface area contributed by atoms with Crippen molar-refractivity contribution in [2.75, 3.05) is 0 Å². The maximum atomic E-state index is 13.4. The van der Waals surface area contributed by atoms with E-state index in [-0.39, 0.29) is 18.2 Å². The molecule has 1 aliphatic carbocycles. The van der Waals surface area contributed by atoms with Crippen molar-refractivity contribution in [1.29, 1.82) is 0 Å². The Morgan fingerprint density at radius 1 is 1.16 bits per heavy atom. The van der Waals surface area contributed by atoms with Gasteiger partial charge >= 0.3 is 5.97 Å². The number of hydrogen-bond acceptors (Lipinski definition) is 1. The Bertz CT molecular complexity index is 630. The molecular weight excluding hydrogens is 267 g/mol. The molecule has 0 bridgehead atoms. The van der Waals surface area contributed by atoms with E-state index in [4.69, 9.17) is 16.7 Å². The van der Waals surface area contributed by atoms with Gasteiger partial charge in [0.1, 0.15) is 5.82 Å². The fourth-order valence-corrected chi connectivity index (χ4v) is 2.88. The minimum Gasteiger partial charge on any atom is -0.481 e. The van der Waals surface area contributed by atoms with Gasteiger partial charge in [-0.1, -0.05) is 23.7 Å². The molecule has 1 unspecified atom stereocenters. The number of carboxylic acid groups (broad SMARTS) is 1. The summed E-state index contributed by atoms with van der Waals surface area (Å²) in [6, 6.07) is 9.88. The molecule has 1 N–H and O–H groups in total. The third-order valence-electron chi connectivity index (χ3n) is 3.45. The zero-order valence-electron chi connectivity index (χ0n) is 9.86. The lowest BCUT2D eigenvalue weighted by Gasteiger charge is -2.10. The van der Waals surface area contributed by atoms with Crippen LogP contribution in [0.1, 0.15) is 23.5 Å². The summed E-state index contributed by atoms with van der Waals surface area (Å²) < 4.78 is 13.4. The van der Waals surface area contributed by atoms with Crippen LogP contribution in [0, 0.1) is 5.82 Å². The van der Waals surface area contributed by atoms with Crippen LogP contribution in [0.2, 0.25) is 5.02 Å². The van der Waals surface area contributed by atoms with Crippen molar-refractivity contribution in [3.8, 4) is 11.1 Å². The van der Waals surface area contributed by atoms with E-state index in [0.29, 0.717) is 5.02 Å². The molecule has 2 aromatic carbocycles. The Morgan fingerprint density at radius 3 is 2.47 bits per heavy atom. The van der Waals surface area contributed by atoms with Crippen molar-refractivity contribution in [3.05, 3.63) is 58.4 Å². The van der Waals surface area contributed by atoms with Crippen LogP contribution in [-0.2, 0) is 4.79 Å². The van der Waals surface area contributed by atoms with E-state index in [9.17, 15) is 9.18 Å². The highest BCUT2D eigenvalue weighted by Gasteiger charge is 2.30. The molecule has 1 aliphatic rings. The third-order valence-corrected chi connectivity index (χ3v) is 3.68. The van der Waals surface area contributed by atoms with Gasteiger partial charge in [0.15, 0.2) is 0 Å². The van der Waals surface area contributed by atoms with Gasteiger partial charge in [0.25, 0.3) is 0 Å². The molecule has 1 atom stereocenters. The lowest BCUT2D eigenvalue weighted by atomic mass is 9.94. The van der Waals surface area contributed by atoms with Crippen molar-refractivity contribution in [3.63, 3.8) is 0 Å². The predicted octanol–water partition coefficient (Wildman–Crippen LogP) is 4.07. The first-order valence-corrected chi connectivity index (χ1v) is 6.25. The number of hydrogen-bond donors (Lipinski definition) is 1. The molecule has 0 amide bonds. The largest absolute Gasteiger partial charge is 0.481 e. The van der Waals surface area contributed by atoms with Crippen LogP contribution in [0.25, 0.3) is 11.1 Å². The van der Waals surface area contributed by atoms with Gasteiger partial charge in [-0.3, -0.25) is 4.79 Å². The molecule has 4 heteroatoms. The van der Waals surface area contributed by atoms with Crippen molar-refractivity contribution < 1.29 is 14.3 Å². The lowest BCUT2D eigenvalue weighted by Crippen LogP contribution is -2.05. The number of rotatable bonds is 2. The minimum absolute atomic E-state index is 0.0657. The summed E-state index contributed by atoms with van der Waals surface area (Å²) >= 11 is 5.98. The van der Waals surface area contributed by atoms with Gasteiger partial charge < -0.3 is 5.11 Å². The minimum atomic E-state index is -0.909. The zero-order valence-corrected chi connectivity index (χ0v) is 10.6. The summed E-state index contributed by atoms with van der Waals surface area (Å²) in [4.78, 5) is 11.0. The van der Waals surface area contributed by atoms with Crippen molar-refractivity contribution in [2.45, 2.75) is 12.3 Å². The predicted molar refractivity (Wildman–Crippen MR) is 70.9 cm³/mol. The van der Waals surface area contributed by atoms with E-state index in [1.54, 1.807) is 18.2 Å². The van der Waals surface area contributed by atoms with Crippen LogP contribution in [0.4, 0.5) is 4.39 Å². The van der Waals surface area contributed by atoms with Crippen LogP contribution in [-0.4, -0.2) is 11.1 Å². The molecule has 0 heterocycles. The van der Waals surface area contributed by atoms with E-state index in [0.717, 1.165) is 22.3 Å². The fourth-order valence-electron chi connectivity index (χ4n) is 2.70. The molecule has 0 aliphatic heterocycles.